The number of anilines is 1. The van der Waals surface area contributed by atoms with Crippen molar-refractivity contribution >= 4 is 17.2 Å². The summed E-state index contributed by atoms with van der Waals surface area (Å²) in [5, 5.41) is 1.74. The van der Waals surface area contributed by atoms with Crippen LogP contribution in [0, 0.1) is 0 Å². The third kappa shape index (κ3) is 1.80. The SMILES string of the molecule is Nc1cnc(Cn2ccsc2=O)cn1. The molecule has 5 nitrogen and oxygen atoms in total. The van der Waals surface area contributed by atoms with Gasteiger partial charge in [0.2, 0.25) is 0 Å². The van der Waals surface area contributed by atoms with Crippen LogP contribution in [0.25, 0.3) is 0 Å². The van der Waals surface area contributed by atoms with Gasteiger partial charge < -0.3 is 5.73 Å². The highest BCUT2D eigenvalue weighted by molar-refractivity contribution is 7.07. The van der Waals surface area contributed by atoms with Gasteiger partial charge in [0.15, 0.2) is 0 Å². The van der Waals surface area contributed by atoms with Gasteiger partial charge in [0.05, 0.1) is 24.6 Å². The zero-order valence-electron chi connectivity index (χ0n) is 7.25. The molecule has 0 atom stereocenters. The molecular weight excluding hydrogens is 200 g/mol. The number of hydrogen-bond acceptors (Lipinski definition) is 5. The van der Waals surface area contributed by atoms with Crippen molar-refractivity contribution in [2.24, 2.45) is 0 Å². The molecule has 0 aliphatic heterocycles. The average molecular weight is 208 g/mol. The molecule has 0 radical (unpaired) electrons. The Balaban J connectivity index is 2.23. The maximum absolute atomic E-state index is 11.2. The van der Waals surface area contributed by atoms with Gasteiger partial charge in [-0.1, -0.05) is 11.3 Å². The van der Waals surface area contributed by atoms with Crippen molar-refractivity contribution in [3.8, 4) is 0 Å². The molecule has 0 aromatic carbocycles. The predicted molar refractivity (Wildman–Crippen MR) is 54.1 cm³/mol. The van der Waals surface area contributed by atoms with Crippen LogP contribution in [0.1, 0.15) is 5.69 Å². The maximum Gasteiger partial charge on any atom is 0.307 e. The van der Waals surface area contributed by atoms with Crippen molar-refractivity contribution < 1.29 is 0 Å². The number of nitrogens with two attached hydrogens (primary N) is 1. The second-order valence-electron chi connectivity index (χ2n) is 2.73. The first-order chi connectivity index (χ1) is 6.75. The lowest BCUT2D eigenvalue weighted by Crippen LogP contribution is -2.13. The smallest absolute Gasteiger partial charge is 0.307 e. The Morgan fingerprint density at radius 1 is 1.43 bits per heavy atom. The van der Waals surface area contributed by atoms with Crippen molar-refractivity contribution in [2.45, 2.75) is 6.54 Å². The fourth-order valence-corrected chi connectivity index (χ4v) is 1.61. The second kappa shape index (κ2) is 3.59. The molecule has 0 spiro atoms. The first-order valence-electron chi connectivity index (χ1n) is 3.96. The van der Waals surface area contributed by atoms with Gasteiger partial charge in [-0.2, -0.15) is 0 Å². The van der Waals surface area contributed by atoms with E-state index >= 15 is 0 Å². The summed E-state index contributed by atoms with van der Waals surface area (Å²) in [6.45, 7) is 0.440. The van der Waals surface area contributed by atoms with Crippen LogP contribution in [-0.2, 0) is 6.54 Å². The molecule has 0 unspecified atom stereocenters. The third-order valence-corrected chi connectivity index (χ3v) is 2.40. The minimum atomic E-state index is 0.00336. The lowest BCUT2D eigenvalue weighted by Gasteiger charge is -1.99. The van der Waals surface area contributed by atoms with Gasteiger partial charge >= 0.3 is 4.87 Å². The highest BCUT2D eigenvalue weighted by Gasteiger charge is 1.99. The van der Waals surface area contributed by atoms with E-state index < -0.39 is 0 Å². The summed E-state index contributed by atoms with van der Waals surface area (Å²) >= 11 is 1.16. The van der Waals surface area contributed by atoms with Crippen molar-refractivity contribution in [1.82, 2.24) is 14.5 Å². The van der Waals surface area contributed by atoms with Gasteiger partial charge in [-0.05, 0) is 0 Å². The Morgan fingerprint density at radius 3 is 2.86 bits per heavy atom. The van der Waals surface area contributed by atoms with Crippen LogP contribution in [0.5, 0.6) is 0 Å². The van der Waals surface area contributed by atoms with E-state index in [1.165, 1.54) is 6.20 Å². The molecule has 0 aliphatic rings. The lowest BCUT2D eigenvalue weighted by molar-refractivity contribution is 0.756. The molecule has 6 heteroatoms. The zero-order chi connectivity index (χ0) is 9.97. The number of nitrogen functional groups attached to an aromatic ring is 1. The molecule has 0 aliphatic carbocycles. The van der Waals surface area contributed by atoms with Gasteiger partial charge in [0.1, 0.15) is 5.82 Å². The van der Waals surface area contributed by atoms with Crippen LogP contribution < -0.4 is 10.6 Å². The molecular formula is C8H8N4OS. The van der Waals surface area contributed by atoms with E-state index in [9.17, 15) is 4.79 Å². The number of hydrogen-bond donors (Lipinski definition) is 1. The van der Waals surface area contributed by atoms with Crippen LogP contribution in [0.2, 0.25) is 0 Å². The van der Waals surface area contributed by atoms with Gasteiger partial charge in [-0.15, -0.1) is 0 Å². The number of nitrogens with zero attached hydrogens (tertiary/aromatic N) is 3. The van der Waals surface area contributed by atoms with Crippen LogP contribution >= 0.6 is 11.3 Å². The Hall–Kier alpha value is -1.69. The van der Waals surface area contributed by atoms with E-state index in [0.717, 1.165) is 17.0 Å². The van der Waals surface area contributed by atoms with Crippen molar-refractivity contribution in [1.29, 1.82) is 0 Å². The molecule has 0 amide bonds. The molecule has 2 rings (SSSR count). The molecule has 72 valence electrons. The molecule has 2 heterocycles. The average Bonchev–Trinajstić information content (AvgIpc) is 2.56. The molecule has 0 saturated carbocycles. The van der Waals surface area contributed by atoms with E-state index in [4.69, 9.17) is 5.73 Å². The van der Waals surface area contributed by atoms with Gasteiger partial charge in [-0.3, -0.25) is 14.3 Å². The van der Waals surface area contributed by atoms with Crippen LogP contribution in [-0.4, -0.2) is 14.5 Å². The summed E-state index contributed by atoms with van der Waals surface area (Å²) in [6.07, 6.45) is 4.78. The van der Waals surface area contributed by atoms with E-state index in [1.54, 1.807) is 22.3 Å². The third-order valence-electron chi connectivity index (χ3n) is 1.70. The van der Waals surface area contributed by atoms with Gasteiger partial charge in [0.25, 0.3) is 0 Å². The summed E-state index contributed by atoms with van der Waals surface area (Å²) in [5.41, 5.74) is 6.11. The molecule has 2 N–H and O–H groups in total. The van der Waals surface area contributed by atoms with E-state index in [1.807, 2.05) is 0 Å². The molecule has 2 aromatic rings. The predicted octanol–water partition coefficient (Wildman–Crippen LogP) is 0.330. The molecule has 0 fully saturated rings. The van der Waals surface area contributed by atoms with E-state index in [-0.39, 0.29) is 4.87 Å². The minimum Gasteiger partial charge on any atom is -0.382 e. The van der Waals surface area contributed by atoms with Crippen molar-refractivity contribution in [2.75, 3.05) is 5.73 Å². The highest BCUT2D eigenvalue weighted by atomic mass is 32.1. The summed E-state index contributed by atoms with van der Waals surface area (Å²) < 4.78 is 1.57. The van der Waals surface area contributed by atoms with Gasteiger partial charge in [0, 0.05) is 11.6 Å². The molecule has 2 aromatic heterocycles. The monoisotopic (exact) mass is 208 g/mol. The number of aromatic nitrogens is 3. The normalized spacial score (nSPS) is 10.3. The first-order valence-corrected chi connectivity index (χ1v) is 4.84. The number of thiazole rings is 1. The second-order valence-corrected chi connectivity index (χ2v) is 3.59. The maximum atomic E-state index is 11.2. The topological polar surface area (TPSA) is 73.8 Å². The Morgan fingerprint density at radius 2 is 2.29 bits per heavy atom. The van der Waals surface area contributed by atoms with E-state index in [0.29, 0.717) is 12.4 Å². The Bertz CT molecular complexity index is 473. The number of rotatable bonds is 2. The summed E-state index contributed by atoms with van der Waals surface area (Å²) in [5.74, 6) is 0.381. The standard InChI is InChI=1S/C8H8N4OS/c9-7-4-10-6(3-11-7)5-12-1-2-14-8(12)13/h1-4H,5H2,(H2,9,11). The lowest BCUT2D eigenvalue weighted by atomic mass is 10.4. The Labute approximate surface area is 83.9 Å². The molecule has 0 bridgehead atoms. The largest absolute Gasteiger partial charge is 0.382 e. The summed E-state index contributed by atoms with van der Waals surface area (Å²) in [4.78, 5) is 19.1. The van der Waals surface area contributed by atoms with Crippen LogP contribution in [0.3, 0.4) is 0 Å². The summed E-state index contributed by atoms with van der Waals surface area (Å²) in [7, 11) is 0. The molecule has 0 saturated heterocycles. The van der Waals surface area contributed by atoms with E-state index in [2.05, 4.69) is 9.97 Å². The zero-order valence-corrected chi connectivity index (χ0v) is 8.07. The van der Waals surface area contributed by atoms with Gasteiger partial charge in [-0.25, -0.2) is 4.98 Å². The first kappa shape index (κ1) is 8.89. The van der Waals surface area contributed by atoms with Crippen LogP contribution in [0.15, 0.2) is 28.8 Å². The fraction of sp³-hybridized carbons (Fsp3) is 0.125. The summed E-state index contributed by atoms with van der Waals surface area (Å²) in [6, 6.07) is 0. The van der Waals surface area contributed by atoms with Crippen molar-refractivity contribution in [3.05, 3.63) is 39.3 Å². The van der Waals surface area contributed by atoms with Crippen LogP contribution in [0.4, 0.5) is 5.82 Å². The van der Waals surface area contributed by atoms with Crippen molar-refractivity contribution in [3.63, 3.8) is 0 Å². The Kier molecular flexibility index (Phi) is 2.28. The fourth-order valence-electron chi connectivity index (χ4n) is 1.03. The quantitative estimate of drug-likeness (QED) is 0.771. The minimum absolute atomic E-state index is 0.00336. The molecule has 14 heavy (non-hydrogen) atoms. The highest BCUT2D eigenvalue weighted by Crippen LogP contribution is 1.99.